The molecule has 2 aliphatic carbocycles. The Labute approximate surface area is 229 Å². The Balaban J connectivity index is 0.000000529. The average Bonchev–Trinajstić information content (AvgIpc) is 3.28. The lowest BCUT2D eigenvalue weighted by atomic mass is 9.79. The van der Waals surface area contributed by atoms with Gasteiger partial charge in [-0.25, -0.2) is 0 Å². The molecule has 0 bridgehead atoms. The van der Waals surface area contributed by atoms with Gasteiger partial charge in [-0.1, -0.05) is 40.0 Å². The molecule has 0 radical (unpaired) electrons. The summed E-state index contributed by atoms with van der Waals surface area (Å²) in [5.41, 5.74) is 7.32. The molecular formula is C33H48N2O3. The molecule has 208 valence electrons. The second-order valence-electron chi connectivity index (χ2n) is 13.1. The average molecular weight is 521 g/mol. The first-order valence-electron chi connectivity index (χ1n) is 15.1. The number of ether oxygens (including phenoxy) is 2. The molecule has 3 heterocycles. The maximum absolute atomic E-state index is 12.8. The topological polar surface area (TPSA) is 52.5 Å². The van der Waals surface area contributed by atoms with E-state index in [4.69, 9.17) is 9.47 Å². The summed E-state index contributed by atoms with van der Waals surface area (Å²) in [6.45, 7) is 12.8. The Morgan fingerprint density at radius 1 is 1.00 bits per heavy atom. The molecule has 2 aliphatic heterocycles. The molecule has 1 aromatic carbocycles. The number of nitrogens with zero attached hydrogens (tertiary/aromatic N) is 1. The van der Waals surface area contributed by atoms with Crippen LogP contribution in [0.25, 0.3) is 11.3 Å². The maximum Gasteiger partial charge on any atom is 0.252 e. The molecule has 5 nitrogen and oxygen atoms in total. The van der Waals surface area contributed by atoms with Crippen LogP contribution in [-0.4, -0.2) is 37.3 Å². The van der Waals surface area contributed by atoms with Gasteiger partial charge in [0.15, 0.2) is 0 Å². The van der Waals surface area contributed by atoms with Gasteiger partial charge in [0.1, 0.15) is 5.75 Å². The van der Waals surface area contributed by atoms with Crippen molar-refractivity contribution >= 4 is 5.91 Å². The fraction of sp³-hybridized carbons (Fsp3) is 0.667. The molecule has 1 spiro atoms. The van der Waals surface area contributed by atoms with Crippen LogP contribution in [0.1, 0.15) is 112 Å². The monoisotopic (exact) mass is 520 g/mol. The number of carbonyl (C=O) groups excluding carboxylic acids is 1. The van der Waals surface area contributed by atoms with E-state index >= 15 is 0 Å². The fourth-order valence-corrected chi connectivity index (χ4v) is 6.66. The second kappa shape index (κ2) is 11.1. The van der Waals surface area contributed by atoms with Crippen LogP contribution in [0.5, 0.6) is 5.75 Å². The minimum atomic E-state index is -0.00697. The van der Waals surface area contributed by atoms with Crippen molar-refractivity contribution in [1.29, 1.82) is 0 Å². The van der Waals surface area contributed by atoms with Gasteiger partial charge in [0.2, 0.25) is 0 Å². The first kappa shape index (κ1) is 27.3. The van der Waals surface area contributed by atoms with Crippen LogP contribution >= 0.6 is 0 Å². The molecule has 1 aromatic heterocycles. The largest absolute Gasteiger partial charge is 0.493 e. The van der Waals surface area contributed by atoms with Crippen molar-refractivity contribution in [2.24, 2.45) is 5.92 Å². The molecule has 2 aromatic rings. The van der Waals surface area contributed by atoms with Crippen LogP contribution in [0.4, 0.5) is 0 Å². The Morgan fingerprint density at radius 2 is 1.71 bits per heavy atom. The number of amides is 1. The zero-order valence-corrected chi connectivity index (χ0v) is 24.4. The van der Waals surface area contributed by atoms with Crippen molar-refractivity contribution in [3.63, 3.8) is 0 Å². The predicted molar refractivity (Wildman–Crippen MR) is 154 cm³/mol. The molecule has 1 saturated heterocycles. The Kier molecular flexibility index (Phi) is 7.96. The molecule has 5 heteroatoms. The number of carbonyl (C=O) groups is 1. The smallest absolute Gasteiger partial charge is 0.252 e. The van der Waals surface area contributed by atoms with Crippen LogP contribution in [-0.2, 0) is 22.1 Å². The lowest BCUT2D eigenvalue weighted by Crippen LogP contribution is -2.24. The van der Waals surface area contributed by atoms with Gasteiger partial charge >= 0.3 is 0 Å². The first-order chi connectivity index (χ1) is 18.2. The zero-order valence-electron chi connectivity index (χ0n) is 24.4. The number of hydrogen-bond acceptors (Lipinski definition) is 3. The first-order valence-corrected chi connectivity index (χ1v) is 15.1. The van der Waals surface area contributed by atoms with E-state index in [1.165, 1.54) is 80.2 Å². The molecule has 0 unspecified atom stereocenters. The highest BCUT2D eigenvalue weighted by molar-refractivity contribution is 5.96. The van der Waals surface area contributed by atoms with Crippen molar-refractivity contribution in [2.45, 2.75) is 109 Å². The van der Waals surface area contributed by atoms with Crippen LogP contribution in [0.3, 0.4) is 0 Å². The molecule has 6 rings (SSSR count). The van der Waals surface area contributed by atoms with Crippen molar-refractivity contribution in [3.8, 4) is 17.0 Å². The molecular weight excluding hydrogens is 472 g/mol. The standard InChI is InChI=1S/C29H40N2O2.C4H8O/c1-19-22(27(32)30-5)17-25(31(19)18-20-9-7-6-8-10-20)21-15-23(28(2,3)4)26-24(16-21)29(11-12-29)13-14-33-26;1-2-4-5-3-1/h15-17,20H,6-14,18H2,1-5H3,(H,30,32);1-4H2. The molecule has 3 fully saturated rings. The number of hydrogen-bond donors (Lipinski definition) is 1. The van der Waals surface area contributed by atoms with Crippen molar-refractivity contribution in [1.82, 2.24) is 9.88 Å². The lowest BCUT2D eigenvalue weighted by Gasteiger charge is -2.33. The van der Waals surface area contributed by atoms with Crippen molar-refractivity contribution in [3.05, 3.63) is 40.6 Å². The normalized spacial score (nSPS) is 20.3. The third-order valence-electron chi connectivity index (χ3n) is 9.28. The Bertz CT molecular complexity index is 1120. The Hall–Kier alpha value is -2.27. The van der Waals surface area contributed by atoms with Crippen molar-refractivity contribution in [2.75, 3.05) is 26.9 Å². The fourth-order valence-electron chi connectivity index (χ4n) is 6.66. The molecule has 38 heavy (non-hydrogen) atoms. The third kappa shape index (κ3) is 5.54. The molecule has 2 saturated carbocycles. The number of nitrogens with one attached hydrogen (secondary N) is 1. The predicted octanol–water partition coefficient (Wildman–Crippen LogP) is 7.31. The third-order valence-corrected chi connectivity index (χ3v) is 9.28. The highest BCUT2D eigenvalue weighted by Crippen LogP contribution is 2.58. The van der Waals surface area contributed by atoms with Gasteiger partial charge in [-0.3, -0.25) is 4.79 Å². The van der Waals surface area contributed by atoms with Gasteiger partial charge in [0.25, 0.3) is 5.91 Å². The lowest BCUT2D eigenvalue weighted by molar-refractivity contribution is 0.0962. The summed E-state index contributed by atoms with van der Waals surface area (Å²) < 4.78 is 13.7. The summed E-state index contributed by atoms with van der Waals surface area (Å²) >= 11 is 0. The molecule has 0 atom stereocenters. The summed E-state index contributed by atoms with van der Waals surface area (Å²) in [6.07, 6.45) is 12.8. The highest BCUT2D eigenvalue weighted by atomic mass is 16.5. The quantitative estimate of drug-likeness (QED) is 0.460. The summed E-state index contributed by atoms with van der Waals surface area (Å²) in [4.78, 5) is 12.8. The minimum absolute atomic E-state index is 0.00662. The summed E-state index contributed by atoms with van der Waals surface area (Å²) in [7, 11) is 1.73. The van der Waals surface area contributed by atoms with E-state index in [1.54, 1.807) is 7.05 Å². The van der Waals surface area contributed by atoms with E-state index in [-0.39, 0.29) is 11.3 Å². The van der Waals surface area contributed by atoms with Gasteiger partial charge in [0, 0.05) is 54.7 Å². The maximum atomic E-state index is 12.8. The van der Waals surface area contributed by atoms with Gasteiger partial charge in [-0.15, -0.1) is 0 Å². The van der Waals surface area contributed by atoms with Crippen LogP contribution < -0.4 is 10.1 Å². The SMILES string of the molecule is C1CCOC1.CNC(=O)c1cc(-c2cc(C(C)(C)C)c3c(c2)C2(CCO3)CC2)n(CC2CCCCC2)c1C. The molecule has 4 aliphatic rings. The van der Waals surface area contributed by atoms with E-state index < -0.39 is 0 Å². The van der Waals surface area contributed by atoms with Crippen molar-refractivity contribution < 1.29 is 14.3 Å². The number of fused-ring (bicyclic) bond motifs is 2. The second-order valence-corrected chi connectivity index (χ2v) is 13.1. The summed E-state index contributed by atoms with van der Waals surface area (Å²) in [6, 6.07) is 6.88. The highest BCUT2D eigenvalue weighted by Gasteiger charge is 2.49. The number of rotatable bonds is 4. The van der Waals surface area contributed by atoms with E-state index in [9.17, 15) is 4.79 Å². The zero-order chi connectivity index (χ0) is 26.9. The van der Waals surface area contributed by atoms with Crippen LogP contribution in [0, 0.1) is 12.8 Å². The van der Waals surface area contributed by atoms with Gasteiger partial charge in [-0.2, -0.15) is 0 Å². The van der Waals surface area contributed by atoms with Crippen LogP contribution in [0.2, 0.25) is 0 Å². The molecule has 1 N–H and O–H groups in total. The van der Waals surface area contributed by atoms with E-state index in [0.29, 0.717) is 11.3 Å². The Morgan fingerprint density at radius 3 is 2.29 bits per heavy atom. The number of aromatic nitrogens is 1. The van der Waals surface area contributed by atoms with Gasteiger partial charge < -0.3 is 19.4 Å². The number of benzene rings is 1. The van der Waals surface area contributed by atoms with Crippen LogP contribution in [0.15, 0.2) is 18.2 Å². The van der Waals surface area contributed by atoms with Gasteiger partial charge in [0.05, 0.1) is 12.2 Å². The van der Waals surface area contributed by atoms with E-state index in [2.05, 4.69) is 55.8 Å². The van der Waals surface area contributed by atoms with E-state index in [0.717, 1.165) is 49.8 Å². The van der Waals surface area contributed by atoms with Gasteiger partial charge in [-0.05, 0) is 87.0 Å². The summed E-state index contributed by atoms with van der Waals surface area (Å²) in [5.74, 6) is 1.83. The minimum Gasteiger partial charge on any atom is -0.493 e. The molecule has 1 amide bonds. The summed E-state index contributed by atoms with van der Waals surface area (Å²) in [5, 5.41) is 2.85. The van der Waals surface area contributed by atoms with E-state index in [1.807, 2.05) is 0 Å².